The summed E-state index contributed by atoms with van der Waals surface area (Å²) in [6, 6.07) is 7.03. The quantitative estimate of drug-likeness (QED) is 0.840. The molecule has 0 aliphatic rings. The topological polar surface area (TPSA) is 25.2 Å². The Kier molecular flexibility index (Phi) is 5.24. The van der Waals surface area contributed by atoms with Crippen molar-refractivity contribution in [3.8, 4) is 0 Å². The number of aryl methyl sites for hydroxylation is 4. The second-order valence-electron chi connectivity index (χ2n) is 5.54. The summed E-state index contributed by atoms with van der Waals surface area (Å²) in [6.07, 6.45) is 5.00. The molecule has 114 valence electrons. The van der Waals surface area contributed by atoms with Gasteiger partial charge in [-0.2, -0.15) is 0 Å². The van der Waals surface area contributed by atoms with Gasteiger partial charge in [0.05, 0.1) is 12.3 Å². The zero-order valence-corrected chi connectivity index (χ0v) is 13.9. The van der Waals surface area contributed by atoms with Crippen LogP contribution in [0.25, 0.3) is 0 Å². The molecule has 0 fully saturated rings. The Balaban J connectivity index is 2.62. The maximum Gasteiger partial charge on any atom is 0.105 e. The van der Waals surface area contributed by atoms with Crippen molar-refractivity contribution in [2.24, 2.45) is 0 Å². The van der Waals surface area contributed by atoms with E-state index < -0.39 is 0 Å². The Morgan fingerprint density at radius 1 is 1.05 bits per heavy atom. The minimum absolute atomic E-state index is 0.208. The van der Waals surface area contributed by atoms with Crippen LogP contribution in [0, 0.1) is 6.92 Å². The molecule has 2 nitrogen and oxygen atoms in total. The second kappa shape index (κ2) is 6.95. The molecule has 21 heavy (non-hydrogen) atoms. The molecule has 0 aliphatic heterocycles. The summed E-state index contributed by atoms with van der Waals surface area (Å²) in [6.45, 7) is 8.75. The van der Waals surface area contributed by atoms with E-state index in [-0.39, 0.29) is 6.04 Å². The fourth-order valence-electron chi connectivity index (χ4n) is 3.16. The molecule has 1 N–H and O–H groups in total. The minimum atomic E-state index is 0.208. The van der Waals surface area contributed by atoms with E-state index in [0.29, 0.717) is 0 Å². The van der Waals surface area contributed by atoms with E-state index in [1.807, 2.05) is 14.0 Å². The first-order valence-electron chi connectivity index (χ1n) is 8.01. The molecule has 2 aromatic rings. The van der Waals surface area contributed by atoms with Crippen LogP contribution < -0.4 is 5.32 Å². The summed E-state index contributed by atoms with van der Waals surface area (Å²) < 4.78 is 5.52. The van der Waals surface area contributed by atoms with Crippen LogP contribution in [0.2, 0.25) is 0 Å². The molecular formula is C19H27NO. The monoisotopic (exact) mass is 285 g/mol. The van der Waals surface area contributed by atoms with Crippen molar-refractivity contribution >= 4 is 0 Å². The van der Waals surface area contributed by atoms with E-state index in [4.69, 9.17) is 4.42 Å². The van der Waals surface area contributed by atoms with Gasteiger partial charge in [-0.1, -0.05) is 32.9 Å². The third-order valence-electron chi connectivity index (χ3n) is 4.37. The van der Waals surface area contributed by atoms with Gasteiger partial charge < -0.3 is 9.73 Å². The standard InChI is InChI=1S/C19H27NO/c1-6-14-11-15(7-2)18(16(8-3)12-14)19(20-5)17-9-10-21-13(17)4/h9-12,19-20H,6-8H2,1-5H3. The molecule has 2 rings (SSSR count). The Labute approximate surface area is 128 Å². The van der Waals surface area contributed by atoms with Gasteiger partial charge in [0.25, 0.3) is 0 Å². The predicted molar refractivity (Wildman–Crippen MR) is 88.9 cm³/mol. The maximum atomic E-state index is 5.52. The molecule has 0 saturated carbocycles. The summed E-state index contributed by atoms with van der Waals surface area (Å²) in [7, 11) is 2.03. The van der Waals surface area contributed by atoms with Gasteiger partial charge in [0.1, 0.15) is 5.76 Å². The van der Waals surface area contributed by atoms with Crippen molar-refractivity contribution in [3.05, 3.63) is 58.0 Å². The second-order valence-corrected chi connectivity index (χ2v) is 5.54. The molecule has 0 spiro atoms. The molecule has 1 heterocycles. The van der Waals surface area contributed by atoms with Gasteiger partial charge in [0.2, 0.25) is 0 Å². The fraction of sp³-hybridized carbons (Fsp3) is 0.474. The summed E-state index contributed by atoms with van der Waals surface area (Å²) in [5.74, 6) is 0.998. The molecule has 1 aromatic carbocycles. The predicted octanol–water partition coefficient (Wildman–Crippen LogP) is 4.58. The highest BCUT2D eigenvalue weighted by atomic mass is 16.3. The fourth-order valence-corrected chi connectivity index (χ4v) is 3.16. The van der Waals surface area contributed by atoms with Crippen LogP contribution in [0.5, 0.6) is 0 Å². The van der Waals surface area contributed by atoms with E-state index >= 15 is 0 Å². The summed E-state index contributed by atoms with van der Waals surface area (Å²) in [5.41, 5.74) is 7.01. The van der Waals surface area contributed by atoms with Crippen molar-refractivity contribution in [1.29, 1.82) is 0 Å². The van der Waals surface area contributed by atoms with Crippen molar-refractivity contribution in [2.45, 2.75) is 53.0 Å². The molecule has 1 unspecified atom stereocenters. The number of hydrogen-bond donors (Lipinski definition) is 1. The van der Waals surface area contributed by atoms with E-state index in [1.165, 1.54) is 27.8 Å². The first-order chi connectivity index (χ1) is 10.2. The smallest absolute Gasteiger partial charge is 0.105 e. The first kappa shape index (κ1) is 15.8. The maximum absolute atomic E-state index is 5.52. The van der Waals surface area contributed by atoms with Crippen LogP contribution >= 0.6 is 0 Å². The number of furan rings is 1. The average Bonchev–Trinajstić information content (AvgIpc) is 2.94. The summed E-state index contributed by atoms with van der Waals surface area (Å²) in [5, 5.41) is 3.49. The largest absolute Gasteiger partial charge is 0.469 e. The Morgan fingerprint density at radius 3 is 2.05 bits per heavy atom. The lowest BCUT2D eigenvalue weighted by Gasteiger charge is -2.24. The van der Waals surface area contributed by atoms with Crippen LogP contribution in [-0.2, 0) is 19.3 Å². The van der Waals surface area contributed by atoms with E-state index in [1.54, 1.807) is 6.26 Å². The number of nitrogens with one attached hydrogen (secondary N) is 1. The van der Waals surface area contributed by atoms with Crippen LogP contribution in [0.3, 0.4) is 0 Å². The van der Waals surface area contributed by atoms with Crippen molar-refractivity contribution in [3.63, 3.8) is 0 Å². The van der Waals surface area contributed by atoms with Gasteiger partial charge >= 0.3 is 0 Å². The summed E-state index contributed by atoms with van der Waals surface area (Å²) in [4.78, 5) is 0. The van der Waals surface area contributed by atoms with Crippen molar-refractivity contribution in [2.75, 3.05) is 7.05 Å². The Bertz CT molecular complexity index is 572. The number of benzene rings is 1. The SMILES string of the molecule is CCc1cc(CC)c(C(NC)c2ccoc2C)c(CC)c1. The first-order valence-corrected chi connectivity index (χ1v) is 8.01. The highest BCUT2D eigenvalue weighted by Crippen LogP contribution is 2.32. The molecule has 0 amide bonds. The molecule has 0 radical (unpaired) electrons. The van der Waals surface area contributed by atoms with Crippen molar-refractivity contribution in [1.82, 2.24) is 5.32 Å². The molecule has 1 aromatic heterocycles. The Hall–Kier alpha value is -1.54. The molecule has 2 heteroatoms. The normalized spacial score (nSPS) is 12.6. The average molecular weight is 285 g/mol. The minimum Gasteiger partial charge on any atom is -0.469 e. The lowest BCUT2D eigenvalue weighted by molar-refractivity contribution is 0.522. The van der Waals surface area contributed by atoms with Gasteiger partial charge in [0, 0.05) is 5.56 Å². The van der Waals surface area contributed by atoms with Gasteiger partial charge in [0.15, 0.2) is 0 Å². The molecule has 0 aliphatic carbocycles. The zero-order valence-electron chi connectivity index (χ0n) is 13.9. The van der Waals surface area contributed by atoms with Crippen LogP contribution in [0.15, 0.2) is 28.9 Å². The Morgan fingerprint density at radius 2 is 1.67 bits per heavy atom. The van der Waals surface area contributed by atoms with Gasteiger partial charge in [-0.15, -0.1) is 0 Å². The molecular weight excluding hydrogens is 258 g/mol. The highest BCUT2D eigenvalue weighted by molar-refractivity contribution is 5.46. The lowest BCUT2D eigenvalue weighted by Crippen LogP contribution is -2.21. The third kappa shape index (κ3) is 3.06. The van der Waals surface area contributed by atoms with Gasteiger partial charge in [-0.3, -0.25) is 0 Å². The highest BCUT2D eigenvalue weighted by Gasteiger charge is 2.21. The van der Waals surface area contributed by atoms with Gasteiger partial charge in [-0.05, 0) is 61.6 Å². The van der Waals surface area contributed by atoms with Crippen LogP contribution in [-0.4, -0.2) is 7.05 Å². The molecule has 1 atom stereocenters. The lowest BCUT2D eigenvalue weighted by atomic mass is 9.86. The number of hydrogen-bond acceptors (Lipinski definition) is 2. The van der Waals surface area contributed by atoms with E-state index in [9.17, 15) is 0 Å². The zero-order chi connectivity index (χ0) is 15.4. The van der Waals surface area contributed by atoms with Gasteiger partial charge in [-0.25, -0.2) is 0 Å². The summed E-state index contributed by atoms with van der Waals surface area (Å²) >= 11 is 0. The molecule has 0 saturated heterocycles. The van der Waals surface area contributed by atoms with Crippen LogP contribution in [0.1, 0.15) is 60.4 Å². The third-order valence-corrected chi connectivity index (χ3v) is 4.37. The van der Waals surface area contributed by atoms with Crippen LogP contribution in [0.4, 0.5) is 0 Å². The van der Waals surface area contributed by atoms with E-state index in [0.717, 1.165) is 25.0 Å². The molecule has 0 bridgehead atoms. The van der Waals surface area contributed by atoms with Crippen molar-refractivity contribution < 1.29 is 4.42 Å². The number of rotatable bonds is 6. The van der Waals surface area contributed by atoms with E-state index in [2.05, 4.69) is 44.3 Å².